The number of hydrogen-bond acceptors (Lipinski definition) is 5. The van der Waals surface area contributed by atoms with Gasteiger partial charge in [-0.25, -0.2) is 0 Å². The third-order valence-corrected chi connectivity index (χ3v) is 5.76. The average Bonchev–Trinajstić information content (AvgIpc) is 3.14. The molecule has 0 amide bonds. The Kier molecular flexibility index (Phi) is 3.62. The van der Waals surface area contributed by atoms with Gasteiger partial charge in [-0.2, -0.15) is 0 Å². The van der Waals surface area contributed by atoms with Crippen LogP contribution in [0.4, 0.5) is 0 Å². The lowest BCUT2D eigenvalue weighted by atomic mass is 9.63. The van der Waals surface area contributed by atoms with Gasteiger partial charge in [0.1, 0.15) is 42.9 Å². The summed E-state index contributed by atoms with van der Waals surface area (Å²) in [6.07, 6.45) is 3.10. The number of nitrogens with zero attached hydrogens (tertiary/aromatic N) is 2. The van der Waals surface area contributed by atoms with E-state index in [0.717, 1.165) is 0 Å². The van der Waals surface area contributed by atoms with Crippen molar-refractivity contribution < 1.29 is 14.7 Å². The standard InChI is InChI=1S/C20H8B4N2O3/c21-12-9-10(13(22)15(24)14(12)23)19(28)11(18(9)27)20(29)7-3-1-5-25-16(7)17-8(20)4-2-6-26-17/h1-6,11,29H. The smallest absolute Gasteiger partial charge is 0.177 e. The highest BCUT2D eigenvalue weighted by Gasteiger charge is 2.58. The first-order chi connectivity index (χ1) is 13.8. The first-order valence-electron chi connectivity index (χ1n) is 8.78. The molecule has 0 saturated heterocycles. The normalized spacial score (nSPS) is 16.6. The molecule has 8 radical (unpaired) electrons. The van der Waals surface area contributed by atoms with Crippen LogP contribution in [0.2, 0.25) is 0 Å². The number of aromatic nitrogens is 2. The molecule has 2 aliphatic carbocycles. The Balaban J connectivity index is 1.82. The maximum atomic E-state index is 13.4. The fraction of sp³-hybridized carbons (Fsp3) is 0.100. The largest absolute Gasteiger partial charge is 0.379 e. The molecule has 2 aromatic heterocycles. The first kappa shape index (κ1) is 18.1. The number of pyridine rings is 2. The molecule has 5 nitrogen and oxygen atoms in total. The van der Waals surface area contributed by atoms with Gasteiger partial charge in [0.15, 0.2) is 11.6 Å². The van der Waals surface area contributed by atoms with E-state index in [2.05, 4.69) is 9.97 Å². The van der Waals surface area contributed by atoms with Gasteiger partial charge in [0.05, 0.1) is 11.4 Å². The summed E-state index contributed by atoms with van der Waals surface area (Å²) in [6, 6.07) is 6.46. The zero-order valence-electron chi connectivity index (χ0n) is 15.0. The molecule has 1 aromatic carbocycles. The predicted octanol–water partition coefficient (Wildman–Crippen LogP) is -2.44. The molecule has 3 aromatic rings. The lowest BCUT2D eigenvalue weighted by Gasteiger charge is -2.29. The molecule has 0 saturated carbocycles. The number of benzene rings is 1. The minimum absolute atomic E-state index is 0.0643. The Hall–Kier alpha value is -2.92. The number of rotatable bonds is 1. The highest BCUT2D eigenvalue weighted by molar-refractivity contribution is 6.66. The monoisotopic (exact) mass is 368 g/mol. The number of fused-ring (bicyclic) bond motifs is 4. The van der Waals surface area contributed by atoms with E-state index in [0.29, 0.717) is 22.5 Å². The van der Waals surface area contributed by atoms with E-state index in [1.54, 1.807) is 36.7 Å². The number of aliphatic hydroxyl groups is 1. The van der Waals surface area contributed by atoms with Crippen LogP contribution in [0, 0.1) is 5.92 Å². The number of carbonyl (C=O) groups excluding carboxylic acids is 2. The molecular formula is C20H8B4N2O3. The molecule has 0 aliphatic heterocycles. The highest BCUT2D eigenvalue weighted by atomic mass is 16.3. The summed E-state index contributed by atoms with van der Waals surface area (Å²) < 4.78 is 0. The molecule has 0 fully saturated rings. The highest BCUT2D eigenvalue weighted by Crippen LogP contribution is 2.52. The summed E-state index contributed by atoms with van der Waals surface area (Å²) in [7, 11) is 23.8. The van der Waals surface area contributed by atoms with Crippen LogP contribution in [-0.2, 0) is 5.60 Å². The topological polar surface area (TPSA) is 80.2 Å². The summed E-state index contributed by atoms with van der Waals surface area (Å²) in [5, 5.41) is 11.9. The summed E-state index contributed by atoms with van der Waals surface area (Å²) >= 11 is 0. The van der Waals surface area contributed by atoms with E-state index in [9.17, 15) is 14.7 Å². The molecular weight excluding hydrogens is 359 g/mol. The van der Waals surface area contributed by atoms with E-state index in [4.69, 9.17) is 31.4 Å². The van der Waals surface area contributed by atoms with Gasteiger partial charge < -0.3 is 5.11 Å². The van der Waals surface area contributed by atoms with Gasteiger partial charge in [0.2, 0.25) is 0 Å². The number of Topliss-reactive ketones (excluding diaryl/α,β-unsaturated/α-hetero) is 2. The van der Waals surface area contributed by atoms with Crippen molar-refractivity contribution in [2.75, 3.05) is 0 Å². The number of carbonyl (C=O) groups is 2. The fourth-order valence-corrected chi connectivity index (χ4v) is 4.39. The van der Waals surface area contributed by atoms with E-state index in [-0.39, 0.29) is 33.0 Å². The van der Waals surface area contributed by atoms with Gasteiger partial charge in [-0.05, 0) is 12.1 Å². The number of ketones is 2. The minimum Gasteiger partial charge on any atom is -0.379 e. The fourth-order valence-electron chi connectivity index (χ4n) is 4.39. The van der Waals surface area contributed by atoms with E-state index in [1.807, 2.05) is 0 Å². The Morgan fingerprint density at radius 2 is 1.17 bits per heavy atom. The zero-order chi connectivity index (χ0) is 20.7. The second kappa shape index (κ2) is 5.80. The van der Waals surface area contributed by atoms with Crippen molar-refractivity contribution in [3.05, 3.63) is 58.9 Å². The molecule has 0 spiro atoms. The average molecular weight is 368 g/mol. The molecule has 128 valence electrons. The first-order valence-corrected chi connectivity index (χ1v) is 8.78. The van der Waals surface area contributed by atoms with Gasteiger partial charge in [0, 0.05) is 34.6 Å². The summed E-state index contributed by atoms with van der Waals surface area (Å²) in [6.45, 7) is 0. The van der Waals surface area contributed by atoms with Gasteiger partial charge in [-0.3, -0.25) is 19.6 Å². The van der Waals surface area contributed by atoms with Gasteiger partial charge >= 0.3 is 0 Å². The molecule has 9 heteroatoms. The van der Waals surface area contributed by atoms with Crippen LogP contribution >= 0.6 is 0 Å². The lowest BCUT2D eigenvalue weighted by Crippen LogP contribution is -2.50. The third kappa shape index (κ3) is 2.03. The van der Waals surface area contributed by atoms with Gasteiger partial charge in [-0.15, -0.1) is 10.9 Å². The van der Waals surface area contributed by atoms with Crippen LogP contribution in [0.5, 0.6) is 0 Å². The van der Waals surface area contributed by atoms with Crippen LogP contribution in [0.1, 0.15) is 31.8 Å². The molecule has 0 bridgehead atoms. The molecule has 2 heterocycles. The maximum absolute atomic E-state index is 13.4. The van der Waals surface area contributed by atoms with Crippen molar-refractivity contribution in [1.82, 2.24) is 9.97 Å². The molecule has 0 unspecified atom stereocenters. The van der Waals surface area contributed by atoms with Crippen LogP contribution < -0.4 is 21.9 Å². The summed E-state index contributed by atoms with van der Waals surface area (Å²) in [5.41, 5.74) is -1.14. The summed E-state index contributed by atoms with van der Waals surface area (Å²) in [4.78, 5) is 35.4. The molecule has 1 N–H and O–H groups in total. The van der Waals surface area contributed by atoms with Crippen LogP contribution in [0.3, 0.4) is 0 Å². The Bertz CT molecular complexity index is 1180. The lowest BCUT2D eigenvalue weighted by molar-refractivity contribution is 0.0252. The number of hydrogen-bond donors (Lipinski definition) is 1. The van der Waals surface area contributed by atoms with Gasteiger partial charge in [0.25, 0.3) is 0 Å². The van der Waals surface area contributed by atoms with Crippen molar-refractivity contribution in [3.63, 3.8) is 0 Å². The summed E-state index contributed by atoms with van der Waals surface area (Å²) in [5.74, 6) is -2.86. The third-order valence-electron chi connectivity index (χ3n) is 5.76. The van der Waals surface area contributed by atoms with Gasteiger partial charge in [-0.1, -0.05) is 23.1 Å². The molecule has 5 rings (SSSR count). The van der Waals surface area contributed by atoms with E-state index >= 15 is 0 Å². The van der Waals surface area contributed by atoms with Crippen LogP contribution in [-0.4, -0.2) is 58.0 Å². The van der Waals surface area contributed by atoms with Crippen molar-refractivity contribution in [3.8, 4) is 11.4 Å². The quantitative estimate of drug-likeness (QED) is 0.382. The van der Waals surface area contributed by atoms with Crippen molar-refractivity contribution >= 4 is 64.8 Å². The predicted molar refractivity (Wildman–Crippen MR) is 111 cm³/mol. The molecule has 2 aliphatic rings. The Morgan fingerprint density at radius 1 is 0.759 bits per heavy atom. The SMILES string of the molecule is [B]c1c([B])c([B])c2c(c1[B])C(=O)C(C1(O)c3cccnc3-c3ncccc31)C2=O. The molecule has 0 atom stereocenters. The van der Waals surface area contributed by atoms with Crippen LogP contribution in [0.15, 0.2) is 36.7 Å². The zero-order valence-corrected chi connectivity index (χ0v) is 15.0. The Morgan fingerprint density at radius 3 is 1.59 bits per heavy atom. The van der Waals surface area contributed by atoms with E-state index in [1.165, 1.54) is 0 Å². The van der Waals surface area contributed by atoms with Crippen molar-refractivity contribution in [2.24, 2.45) is 5.92 Å². The second-order valence-electron chi connectivity index (χ2n) is 7.13. The van der Waals surface area contributed by atoms with E-state index < -0.39 is 23.1 Å². The van der Waals surface area contributed by atoms with Crippen molar-refractivity contribution in [1.29, 1.82) is 0 Å². The van der Waals surface area contributed by atoms with Crippen molar-refractivity contribution in [2.45, 2.75) is 5.60 Å². The van der Waals surface area contributed by atoms with Crippen LogP contribution in [0.25, 0.3) is 11.4 Å². The minimum atomic E-state index is -1.98. The molecule has 29 heavy (non-hydrogen) atoms. The Labute approximate surface area is 171 Å². The maximum Gasteiger partial charge on any atom is 0.177 e. The second-order valence-corrected chi connectivity index (χ2v) is 7.13.